The van der Waals surface area contributed by atoms with E-state index in [0.717, 1.165) is 10.1 Å². The lowest BCUT2D eigenvalue weighted by molar-refractivity contribution is -0.384. The molecule has 0 aliphatic heterocycles. The fourth-order valence-corrected chi connectivity index (χ4v) is 3.48. The Labute approximate surface area is 148 Å². The molecule has 134 valence electrons. The number of aromatic nitrogens is 4. The number of methoxy groups -OCH3 is 1. The third-order valence-electron chi connectivity index (χ3n) is 3.54. The minimum Gasteiger partial charge on any atom is -0.497 e. The quantitative estimate of drug-likeness (QED) is 0.570. The van der Waals surface area contributed by atoms with Gasteiger partial charge in [0.25, 0.3) is 10.8 Å². The number of hydrogen-bond acceptors (Lipinski definition) is 8. The molecule has 11 heteroatoms. The molecule has 1 aliphatic carbocycles. The van der Waals surface area contributed by atoms with Crippen LogP contribution in [-0.4, -0.2) is 40.7 Å². The zero-order chi connectivity index (χ0) is 18.7. The Morgan fingerprint density at radius 1 is 1.27 bits per heavy atom. The highest BCUT2D eigenvalue weighted by molar-refractivity contribution is 7.94. The summed E-state index contributed by atoms with van der Waals surface area (Å²) in [6.07, 6.45) is 5.43. The van der Waals surface area contributed by atoms with E-state index in [1.165, 1.54) is 31.4 Å². The van der Waals surface area contributed by atoms with Crippen LogP contribution in [0.25, 0.3) is 5.69 Å². The number of allylic oxidation sites excluding steroid dienone is 4. The van der Waals surface area contributed by atoms with Gasteiger partial charge in [-0.25, -0.2) is 8.42 Å². The highest BCUT2D eigenvalue weighted by Gasteiger charge is 2.23. The summed E-state index contributed by atoms with van der Waals surface area (Å²) in [5, 5.41) is 22.1. The number of rotatable bonds is 5. The SMILES string of the molecule is COC1=CC/C(=C/S(=O)(=O)c2nnnn2-c2ccc([N+](=O)[O-])cc2)C=C1. The predicted octanol–water partition coefficient (Wildman–Crippen LogP) is 1.72. The fraction of sp³-hybridized carbons (Fsp3) is 0.133. The zero-order valence-electron chi connectivity index (χ0n) is 13.5. The molecule has 1 aromatic carbocycles. The normalized spacial score (nSPS) is 15.7. The summed E-state index contributed by atoms with van der Waals surface area (Å²) in [5.41, 5.74) is 0.712. The molecule has 0 N–H and O–H groups in total. The van der Waals surface area contributed by atoms with Crippen LogP contribution in [0.3, 0.4) is 0 Å². The lowest BCUT2D eigenvalue weighted by Crippen LogP contribution is -2.09. The van der Waals surface area contributed by atoms with Crippen molar-refractivity contribution in [1.29, 1.82) is 0 Å². The van der Waals surface area contributed by atoms with Crippen LogP contribution in [0, 0.1) is 10.1 Å². The van der Waals surface area contributed by atoms with Gasteiger partial charge in [0.2, 0.25) is 9.84 Å². The number of nitro benzene ring substituents is 1. The maximum absolute atomic E-state index is 12.6. The first kappa shape index (κ1) is 17.5. The molecule has 1 heterocycles. The van der Waals surface area contributed by atoms with E-state index in [-0.39, 0.29) is 10.8 Å². The van der Waals surface area contributed by atoms with Crippen LogP contribution < -0.4 is 0 Å². The molecule has 0 atom stereocenters. The van der Waals surface area contributed by atoms with Crippen LogP contribution in [0.2, 0.25) is 0 Å². The van der Waals surface area contributed by atoms with E-state index >= 15 is 0 Å². The van der Waals surface area contributed by atoms with Crippen molar-refractivity contribution in [2.75, 3.05) is 7.11 Å². The third-order valence-corrected chi connectivity index (χ3v) is 4.92. The first-order valence-corrected chi connectivity index (χ1v) is 8.86. The van der Waals surface area contributed by atoms with Gasteiger partial charge in [-0.3, -0.25) is 10.1 Å². The number of nitro groups is 1. The van der Waals surface area contributed by atoms with Gasteiger partial charge in [0.1, 0.15) is 5.76 Å². The van der Waals surface area contributed by atoms with Crippen LogP contribution in [0.1, 0.15) is 6.42 Å². The maximum Gasteiger partial charge on any atom is 0.276 e. The molecule has 2 aromatic rings. The lowest BCUT2D eigenvalue weighted by Gasteiger charge is -2.08. The van der Waals surface area contributed by atoms with Gasteiger partial charge in [0.15, 0.2) is 0 Å². The monoisotopic (exact) mass is 375 g/mol. The molecule has 0 saturated carbocycles. The molecule has 0 spiro atoms. The van der Waals surface area contributed by atoms with Crippen molar-refractivity contribution in [3.05, 3.63) is 69.3 Å². The second-order valence-electron chi connectivity index (χ2n) is 5.23. The van der Waals surface area contributed by atoms with Crippen molar-refractivity contribution < 1.29 is 18.1 Å². The number of ether oxygens (including phenoxy) is 1. The van der Waals surface area contributed by atoms with E-state index in [0.29, 0.717) is 23.4 Å². The third kappa shape index (κ3) is 3.52. The number of benzene rings is 1. The summed E-state index contributed by atoms with van der Waals surface area (Å²) in [7, 11) is -2.41. The van der Waals surface area contributed by atoms with Crippen molar-refractivity contribution in [3.8, 4) is 5.69 Å². The van der Waals surface area contributed by atoms with Crippen LogP contribution in [0.4, 0.5) is 5.69 Å². The van der Waals surface area contributed by atoms with E-state index in [1.54, 1.807) is 18.2 Å². The van der Waals surface area contributed by atoms with Crippen LogP contribution in [0.15, 0.2) is 64.4 Å². The van der Waals surface area contributed by atoms with Crippen molar-refractivity contribution in [1.82, 2.24) is 20.2 Å². The van der Waals surface area contributed by atoms with E-state index in [1.807, 2.05) is 0 Å². The van der Waals surface area contributed by atoms with E-state index in [9.17, 15) is 18.5 Å². The Balaban J connectivity index is 1.93. The summed E-state index contributed by atoms with van der Waals surface area (Å²) in [6, 6.07) is 5.23. The van der Waals surface area contributed by atoms with Crippen molar-refractivity contribution in [3.63, 3.8) is 0 Å². The average molecular weight is 375 g/mol. The summed E-state index contributed by atoms with van der Waals surface area (Å²) < 4.78 is 31.4. The first-order valence-electron chi connectivity index (χ1n) is 7.32. The highest BCUT2D eigenvalue weighted by Crippen LogP contribution is 2.21. The van der Waals surface area contributed by atoms with Crippen molar-refractivity contribution >= 4 is 15.5 Å². The standard InChI is InChI=1S/C15H13N5O5S/c1-25-14-8-2-11(3-9-14)10-26(23,24)15-16-17-18-19(15)12-4-6-13(7-5-12)20(21)22/h2,4-10H,3H2,1H3/b11-10+. The number of nitrogens with zero attached hydrogens (tertiary/aromatic N) is 5. The molecule has 26 heavy (non-hydrogen) atoms. The second kappa shape index (κ2) is 6.88. The Morgan fingerprint density at radius 2 is 2.00 bits per heavy atom. The van der Waals surface area contributed by atoms with Gasteiger partial charge >= 0.3 is 0 Å². The van der Waals surface area contributed by atoms with Gasteiger partial charge in [0.05, 0.1) is 17.7 Å². The minimum atomic E-state index is -3.94. The molecule has 0 amide bonds. The van der Waals surface area contributed by atoms with Gasteiger partial charge in [-0.1, -0.05) is 11.2 Å². The molecule has 0 fully saturated rings. The summed E-state index contributed by atoms with van der Waals surface area (Å²) in [5.74, 6) is 0.648. The predicted molar refractivity (Wildman–Crippen MR) is 89.9 cm³/mol. The summed E-state index contributed by atoms with van der Waals surface area (Å²) in [6.45, 7) is 0. The second-order valence-corrected chi connectivity index (χ2v) is 6.92. The Hall–Kier alpha value is -3.34. The van der Waals surface area contributed by atoms with Gasteiger partial charge in [-0.15, -0.1) is 0 Å². The highest BCUT2D eigenvalue weighted by atomic mass is 32.2. The van der Waals surface area contributed by atoms with Gasteiger partial charge in [-0.05, 0) is 46.7 Å². The number of non-ortho nitro benzene ring substituents is 1. The fourth-order valence-electron chi connectivity index (χ4n) is 2.27. The number of hydrogen-bond donors (Lipinski definition) is 0. The maximum atomic E-state index is 12.6. The number of tetrazole rings is 1. The molecular weight excluding hydrogens is 362 g/mol. The Kier molecular flexibility index (Phi) is 4.63. The molecular formula is C15H13N5O5S. The van der Waals surface area contributed by atoms with Gasteiger partial charge in [0, 0.05) is 17.5 Å². The van der Waals surface area contributed by atoms with Crippen LogP contribution >= 0.6 is 0 Å². The molecule has 1 aromatic heterocycles. The summed E-state index contributed by atoms with van der Waals surface area (Å²) in [4.78, 5) is 10.2. The molecule has 10 nitrogen and oxygen atoms in total. The van der Waals surface area contributed by atoms with Crippen LogP contribution in [0.5, 0.6) is 0 Å². The van der Waals surface area contributed by atoms with E-state index in [2.05, 4.69) is 15.5 Å². The molecule has 0 bridgehead atoms. The Morgan fingerprint density at radius 3 is 2.58 bits per heavy atom. The largest absolute Gasteiger partial charge is 0.497 e. The minimum absolute atomic E-state index is 0.124. The van der Waals surface area contributed by atoms with E-state index < -0.39 is 14.8 Å². The lowest BCUT2D eigenvalue weighted by atomic mass is 10.1. The topological polar surface area (TPSA) is 130 Å². The van der Waals surface area contributed by atoms with Gasteiger partial charge in [-0.2, -0.15) is 4.68 Å². The smallest absolute Gasteiger partial charge is 0.276 e. The molecule has 1 aliphatic rings. The molecule has 0 radical (unpaired) electrons. The molecule has 3 rings (SSSR count). The first-order chi connectivity index (χ1) is 12.4. The van der Waals surface area contributed by atoms with Crippen molar-refractivity contribution in [2.24, 2.45) is 0 Å². The number of sulfone groups is 1. The van der Waals surface area contributed by atoms with Crippen LogP contribution in [-0.2, 0) is 14.6 Å². The average Bonchev–Trinajstić information content (AvgIpc) is 3.13. The summed E-state index contributed by atoms with van der Waals surface area (Å²) >= 11 is 0. The molecule has 0 saturated heterocycles. The van der Waals surface area contributed by atoms with Crippen molar-refractivity contribution in [2.45, 2.75) is 11.6 Å². The van der Waals surface area contributed by atoms with Gasteiger partial charge < -0.3 is 4.74 Å². The Bertz CT molecular complexity index is 1030. The zero-order valence-corrected chi connectivity index (χ0v) is 14.3. The van der Waals surface area contributed by atoms with E-state index in [4.69, 9.17) is 4.74 Å². The molecule has 0 unspecified atom stereocenters.